The number of nitrogens with two attached hydrogens (primary N) is 1. The third kappa shape index (κ3) is 3.99. The summed E-state index contributed by atoms with van der Waals surface area (Å²) in [5, 5.41) is 11.4. The summed E-state index contributed by atoms with van der Waals surface area (Å²) in [6.07, 6.45) is 1.48. The van der Waals surface area contributed by atoms with Crippen LogP contribution in [0, 0.1) is 0 Å². The summed E-state index contributed by atoms with van der Waals surface area (Å²) in [5.41, 5.74) is 0.0371. The van der Waals surface area contributed by atoms with Crippen LogP contribution in [0.15, 0.2) is 52.3 Å². The van der Waals surface area contributed by atoms with E-state index in [4.69, 9.17) is 5.14 Å². The van der Waals surface area contributed by atoms with Gasteiger partial charge in [-0.3, -0.25) is 9.59 Å². The average molecular weight is 322 g/mol. The van der Waals surface area contributed by atoms with Gasteiger partial charge < -0.3 is 5.32 Å². The van der Waals surface area contributed by atoms with Gasteiger partial charge in [0, 0.05) is 24.4 Å². The van der Waals surface area contributed by atoms with Crippen molar-refractivity contribution in [3.05, 3.63) is 58.5 Å². The normalized spacial score (nSPS) is 11.1. The lowest BCUT2D eigenvalue weighted by atomic mass is 10.2. The largest absolute Gasteiger partial charge is 0.350 e. The van der Waals surface area contributed by atoms with Crippen LogP contribution in [0.4, 0.5) is 0 Å². The fraction of sp³-hybridized carbons (Fsp3) is 0.154. The molecule has 0 saturated heterocycles. The van der Waals surface area contributed by atoms with Gasteiger partial charge in [-0.25, -0.2) is 18.2 Å². The number of hydrogen-bond acceptors (Lipinski definition) is 5. The van der Waals surface area contributed by atoms with Crippen LogP contribution in [-0.4, -0.2) is 30.7 Å². The van der Waals surface area contributed by atoms with Crippen LogP contribution in [0.25, 0.3) is 0 Å². The standard InChI is InChI=1S/C13H14N4O4S/c14-22(20,21)11-5-3-10(4-6-11)13(19)15-8-9-17-12(18)2-1-7-16-17/h1-7H,8-9H2,(H,15,19)(H2,14,20,21). The molecule has 1 aromatic heterocycles. The minimum absolute atomic E-state index is 0.0657. The van der Waals surface area contributed by atoms with Crippen molar-refractivity contribution >= 4 is 15.9 Å². The molecule has 0 radical (unpaired) electrons. The molecule has 0 aliphatic carbocycles. The molecule has 0 unspecified atom stereocenters. The van der Waals surface area contributed by atoms with Crippen LogP contribution in [-0.2, 0) is 16.6 Å². The van der Waals surface area contributed by atoms with Gasteiger partial charge in [-0.15, -0.1) is 0 Å². The van der Waals surface area contributed by atoms with Crippen molar-refractivity contribution in [2.45, 2.75) is 11.4 Å². The van der Waals surface area contributed by atoms with E-state index >= 15 is 0 Å². The van der Waals surface area contributed by atoms with Gasteiger partial charge in [-0.1, -0.05) is 0 Å². The molecule has 8 nitrogen and oxygen atoms in total. The van der Waals surface area contributed by atoms with Crippen LogP contribution >= 0.6 is 0 Å². The van der Waals surface area contributed by atoms with Crippen molar-refractivity contribution in [1.29, 1.82) is 0 Å². The van der Waals surface area contributed by atoms with Crippen molar-refractivity contribution in [2.75, 3.05) is 6.54 Å². The van der Waals surface area contributed by atoms with E-state index in [0.717, 1.165) is 0 Å². The zero-order chi connectivity index (χ0) is 16.2. The molecule has 0 atom stereocenters. The molecule has 9 heteroatoms. The minimum Gasteiger partial charge on any atom is -0.350 e. The first-order chi connectivity index (χ1) is 10.4. The van der Waals surface area contributed by atoms with Crippen molar-refractivity contribution in [1.82, 2.24) is 15.1 Å². The van der Waals surface area contributed by atoms with Crippen molar-refractivity contribution in [2.24, 2.45) is 5.14 Å². The Morgan fingerprint density at radius 3 is 2.50 bits per heavy atom. The lowest BCUT2D eigenvalue weighted by Gasteiger charge is -2.07. The summed E-state index contributed by atoms with van der Waals surface area (Å²) in [5.74, 6) is -0.384. The maximum atomic E-state index is 11.9. The topological polar surface area (TPSA) is 124 Å². The number of amides is 1. The molecule has 1 heterocycles. The molecular formula is C13H14N4O4S. The highest BCUT2D eigenvalue weighted by molar-refractivity contribution is 7.89. The fourth-order valence-corrected chi connectivity index (χ4v) is 2.24. The summed E-state index contributed by atoms with van der Waals surface area (Å²) in [6, 6.07) is 8.15. The molecule has 0 fully saturated rings. The van der Waals surface area contributed by atoms with Crippen molar-refractivity contribution in [3.8, 4) is 0 Å². The summed E-state index contributed by atoms with van der Waals surface area (Å²) in [6.45, 7) is 0.452. The van der Waals surface area contributed by atoms with Crippen LogP contribution < -0.4 is 16.0 Å². The van der Waals surface area contributed by atoms with Crippen LogP contribution in [0.1, 0.15) is 10.4 Å². The summed E-state index contributed by atoms with van der Waals surface area (Å²) in [7, 11) is -3.78. The summed E-state index contributed by atoms with van der Waals surface area (Å²) in [4.78, 5) is 23.2. The highest BCUT2D eigenvalue weighted by Crippen LogP contribution is 2.08. The van der Waals surface area contributed by atoms with Gasteiger partial charge in [0.15, 0.2) is 0 Å². The number of benzene rings is 1. The molecule has 0 saturated carbocycles. The van der Waals surface area contributed by atoms with Gasteiger partial charge in [0.2, 0.25) is 10.0 Å². The van der Waals surface area contributed by atoms with E-state index in [9.17, 15) is 18.0 Å². The van der Waals surface area contributed by atoms with Crippen LogP contribution in [0.2, 0.25) is 0 Å². The molecule has 116 valence electrons. The first kappa shape index (κ1) is 15.9. The van der Waals surface area contributed by atoms with E-state index in [1.807, 2.05) is 0 Å². The SMILES string of the molecule is NS(=O)(=O)c1ccc(C(=O)NCCn2ncccc2=O)cc1. The highest BCUT2D eigenvalue weighted by Gasteiger charge is 2.10. The van der Waals surface area contributed by atoms with E-state index in [2.05, 4.69) is 10.4 Å². The average Bonchev–Trinajstić information content (AvgIpc) is 2.48. The smallest absolute Gasteiger partial charge is 0.266 e. The number of aromatic nitrogens is 2. The molecule has 0 aliphatic rings. The second kappa shape index (κ2) is 6.50. The molecule has 1 amide bonds. The van der Waals surface area contributed by atoms with Gasteiger partial charge in [0.25, 0.3) is 11.5 Å². The zero-order valence-electron chi connectivity index (χ0n) is 11.5. The van der Waals surface area contributed by atoms with Crippen LogP contribution in [0.3, 0.4) is 0 Å². The predicted octanol–water partition coefficient (Wildman–Crippen LogP) is -0.679. The molecule has 1 aromatic carbocycles. The number of nitrogens with one attached hydrogen (secondary N) is 1. The lowest BCUT2D eigenvalue weighted by Crippen LogP contribution is -2.31. The second-order valence-electron chi connectivity index (χ2n) is 4.41. The van der Waals surface area contributed by atoms with Gasteiger partial charge in [0.1, 0.15) is 0 Å². The Balaban J connectivity index is 1.95. The first-order valence-electron chi connectivity index (χ1n) is 6.31. The molecule has 22 heavy (non-hydrogen) atoms. The number of nitrogens with zero attached hydrogens (tertiary/aromatic N) is 2. The number of carbonyl (C=O) groups is 1. The molecule has 2 aromatic rings. The Labute approximate surface area is 126 Å². The number of rotatable bonds is 5. The molecule has 0 bridgehead atoms. The molecular weight excluding hydrogens is 308 g/mol. The summed E-state index contributed by atoms with van der Waals surface area (Å²) >= 11 is 0. The fourth-order valence-electron chi connectivity index (χ4n) is 1.73. The maximum absolute atomic E-state index is 11.9. The quantitative estimate of drug-likeness (QED) is 0.755. The Kier molecular flexibility index (Phi) is 4.68. The van der Waals surface area contributed by atoms with Crippen molar-refractivity contribution in [3.63, 3.8) is 0 Å². The maximum Gasteiger partial charge on any atom is 0.266 e. The molecule has 0 aliphatic heterocycles. The van der Waals surface area contributed by atoms with Gasteiger partial charge in [0.05, 0.1) is 11.4 Å². The monoisotopic (exact) mass is 322 g/mol. The van der Waals surface area contributed by atoms with E-state index in [1.165, 1.54) is 47.3 Å². The van der Waals surface area contributed by atoms with Crippen molar-refractivity contribution < 1.29 is 13.2 Å². The Morgan fingerprint density at radius 2 is 1.91 bits per heavy atom. The molecule has 0 spiro atoms. The summed E-state index contributed by atoms with van der Waals surface area (Å²) < 4.78 is 23.5. The van der Waals surface area contributed by atoms with E-state index < -0.39 is 10.0 Å². The van der Waals surface area contributed by atoms with E-state index in [1.54, 1.807) is 0 Å². The second-order valence-corrected chi connectivity index (χ2v) is 5.97. The third-order valence-corrected chi connectivity index (χ3v) is 3.77. The number of hydrogen-bond donors (Lipinski definition) is 2. The van der Waals surface area contributed by atoms with Gasteiger partial charge in [-0.2, -0.15) is 5.10 Å². The predicted molar refractivity (Wildman–Crippen MR) is 78.6 cm³/mol. The number of carbonyl (C=O) groups excluding carboxylic acids is 1. The Hall–Kier alpha value is -2.52. The van der Waals surface area contributed by atoms with E-state index in [-0.39, 0.29) is 29.5 Å². The van der Waals surface area contributed by atoms with Gasteiger partial charge >= 0.3 is 0 Å². The lowest BCUT2D eigenvalue weighted by molar-refractivity contribution is 0.0951. The zero-order valence-corrected chi connectivity index (χ0v) is 12.3. The molecule has 2 rings (SSSR count). The Morgan fingerprint density at radius 1 is 1.23 bits per heavy atom. The minimum atomic E-state index is -3.78. The number of primary sulfonamides is 1. The van der Waals surface area contributed by atoms with Gasteiger partial charge in [-0.05, 0) is 30.3 Å². The number of sulfonamides is 1. The Bertz CT molecular complexity index is 828. The van der Waals surface area contributed by atoms with Crippen LogP contribution in [0.5, 0.6) is 0 Å². The molecule has 3 N–H and O–H groups in total. The third-order valence-electron chi connectivity index (χ3n) is 2.84. The first-order valence-corrected chi connectivity index (χ1v) is 7.86. The highest BCUT2D eigenvalue weighted by atomic mass is 32.2. The van der Waals surface area contributed by atoms with E-state index in [0.29, 0.717) is 5.56 Å².